The molecule has 2 saturated carbocycles. The third-order valence-corrected chi connectivity index (χ3v) is 11.5. The Morgan fingerprint density at radius 1 is 1.10 bits per heavy atom. The number of fused-ring (bicyclic) bond motifs is 1. The van der Waals surface area contributed by atoms with Crippen LogP contribution in [0.2, 0.25) is 0 Å². The second-order valence-corrected chi connectivity index (χ2v) is 17.4. The number of hydrogen-bond acceptors (Lipinski definition) is 10. The predicted octanol–water partition coefficient (Wildman–Crippen LogP) is 3.76. The maximum Gasteiger partial charge on any atom is 0.243 e. The molecule has 3 fully saturated rings. The molecule has 52 heavy (non-hydrogen) atoms. The molecule has 1 saturated heterocycles. The Labute approximate surface area is 310 Å². The van der Waals surface area contributed by atoms with E-state index in [2.05, 4.69) is 41.7 Å². The number of aromatic nitrogens is 3. The zero-order valence-electron chi connectivity index (χ0n) is 33.5. The smallest absolute Gasteiger partial charge is 0.243 e. The Morgan fingerprint density at radius 3 is 2.38 bits per heavy atom. The summed E-state index contributed by atoms with van der Waals surface area (Å²) < 4.78 is 19.3. The second kappa shape index (κ2) is 16.8. The number of hydroxylamine groups is 2. The number of aliphatic hydroxyl groups is 1. The molecule has 0 radical (unpaired) electrons. The van der Waals surface area contributed by atoms with Crippen molar-refractivity contribution < 1.29 is 38.5 Å². The Bertz CT molecular complexity index is 1380. The molecule has 2 aliphatic carbocycles. The van der Waals surface area contributed by atoms with E-state index in [1.165, 1.54) is 19.1 Å². The molecule has 14 heteroatoms. The van der Waals surface area contributed by atoms with Gasteiger partial charge in [0.1, 0.15) is 24.4 Å². The van der Waals surface area contributed by atoms with Crippen molar-refractivity contribution in [2.75, 3.05) is 34.0 Å². The van der Waals surface area contributed by atoms with Crippen LogP contribution in [0.3, 0.4) is 0 Å². The van der Waals surface area contributed by atoms with Crippen molar-refractivity contribution >= 4 is 17.7 Å². The highest BCUT2D eigenvalue weighted by atomic mass is 16.7. The molecule has 4 rings (SSSR count). The Kier molecular flexibility index (Phi) is 13.6. The van der Waals surface area contributed by atoms with Crippen LogP contribution >= 0.6 is 0 Å². The lowest BCUT2D eigenvalue weighted by molar-refractivity contribution is -0.257. The van der Waals surface area contributed by atoms with Crippen LogP contribution in [0, 0.1) is 22.7 Å². The first-order valence-electron chi connectivity index (χ1n) is 19.1. The zero-order valence-corrected chi connectivity index (χ0v) is 33.5. The highest BCUT2D eigenvalue weighted by Gasteiger charge is 2.74. The van der Waals surface area contributed by atoms with Gasteiger partial charge in [-0.25, -0.2) is 9.75 Å². The van der Waals surface area contributed by atoms with Crippen molar-refractivity contribution in [2.24, 2.45) is 22.7 Å². The van der Waals surface area contributed by atoms with Crippen molar-refractivity contribution in [2.45, 2.75) is 155 Å². The van der Waals surface area contributed by atoms with E-state index >= 15 is 0 Å². The number of unbranched alkanes of at least 4 members (excludes halogenated alkanes) is 3. The van der Waals surface area contributed by atoms with Gasteiger partial charge in [-0.15, -0.1) is 5.10 Å². The second-order valence-electron chi connectivity index (χ2n) is 17.4. The number of methoxy groups -OCH3 is 2. The molecule has 3 amide bonds. The normalized spacial score (nSPS) is 29.2. The molecule has 0 aromatic carbocycles. The Balaban J connectivity index is 1.14. The van der Waals surface area contributed by atoms with Gasteiger partial charge in [-0.05, 0) is 58.3 Å². The lowest BCUT2D eigenvalue weighted by atomic mass is 9.72. The third-order valence-electron chi connectivity index (χ3n) is 11.5. The number of nitrogens with one attached hydrogen (secondary N) is 2. The van der Waals surface area contributed by atoms with Gasteiger partial charge in [0.2, 0.25) is 17.7 Å². The number of carbonyl (C=O) groups is 3. The van der Waals surface area contributed by atoms with Gasteiger partial charge >= 0.3 is 0 Å². The summed E-state index contributed by atoms with van der Waals surface area (Å²) in [5, 5.41) is 27.4. The average molecular weight is 735 g/mol. The molecule has 8 atom stereocenters. The van der Waals surface area contributed by atoms with Gasteiger partial charge in [-0.3, -0.25) is 19.2 Å². The number of amides is 3. The largest absolute Gasteiger partial charge is 0.388 e. The monoisotopic (exact) mass is 734 g/mol. The lowest BCUT2D eigenvalue weighted by Gasteiger charge is -2.45. The van der Waals surface area contributed by atoms with Crippen LogP contribution in [-0.2, 0) is 39.9 Å². The van der Waals surface area contributed by atoms with Gasteiger partial charge in [0.15, 0.2) is 0 Å². The topological polar surface area (TPSA) is 166 Å². The maximum atomic E-state index is 13.3. The Hall–Kier alpha value is -2.65. The summed E-state index contributed by atoms with van der Waals surface area (Å²) in [7, 11) is 3.25. The maximum absolute atomic E-state index is 13.3. The molecule has 8 unspecified atom stereocenters. The van der Waals surface area contributed by atoms with Gasteiger partial charge in [0, 0.05) is 56.2 Å². The van der Waals surface area contributed by atoms with Crippen LogP contribution in [0.1, 0.15) is 119 Å². The molecule has 14 nitrogen and oxygen atoms in total. The predicted molar refractivity (Wildman–Crippen MR) is 195 cm³/mol. The third kappa shape index (κ3) is 9.52. The summed E-state index contributed by atoms with van der Waals surface area (Å²) in [5.74, 6) is 0.403. The van der Waals surface area contributed by atoms with E-state index < -0.39 is 35.2 Å². The lowest BCUT2D eigenvalue weighted by Crippen LogP contribution is -2.62. The minimum absolute atomic E-state index is 0.0128. The van der Waals surface area contributed by atoms with Crippen molar-refractivity contribution in [3.8, 4) is 0 Å². The molecule has 0 spiro atoms. The number of hydrogen-bond donors (Lipinski definition) is 3. The molecule has 3 aliphatic rings. The van der Waals surface area contributed by atoms with Gasteiger partial charge in [-0.1, -0.05) is 59.6 Å². The molecule has 1 aromatic heterocycles. The van der Waals surface area contributed by atoms with Crippen LogP contribution in [0.5, 0.6) is 0 Å². The summed E-state index contributed by atoms with van der Waals surface area (Å²) >= 11 is 0. The fourth-order valence-electron chi connectivity index (χ4n) is 8.47. The summed E-state index contributed by atoms with van der Waals surface area (Å²) in [6.45, 7) is 18.2. The first-order valence-corrected chi connectivity index (χ1v) is 19.1. The Morgan fingerprint density at radius 2 is 1.77 bits per heavy atom. The molecular weight excluding hydrogens is 668 g/mol. The van der Waals surface area contributed by atoms with E-state index in [1.54, 1.807) is 11.8 Å². The van der Waals surface area contributed by atoms with Crippen molar-refractivity contribution in [1.82, 2.24) is 30.7 Å². The van der Waals surface area contributed by atoms with Gasteiger partial charge < -0.3 is 30.0 Å². The van der Waals surface area contributed by atoms with Gasteiger partial charge in [0.05, 0.1) is 30.6 Å². The molecule has 2 heterocycles. The molecule has 1 aromatic rings. The molecular formula is C38H66N6O8. The number of carbonyl (C=O) groups excluding carboxylic acids is 3. The fraction of sp³-hybridized carbons (Fsp3) is 0.868. The molecule has 0 bridgehead atoms. The fourth-order valence-corrected chi connectivity index (χ4v) is 8.47. The van der Waals surface area contributed by atoms with E-state index in [0.29, 0.717) is 37.8 Å². The summed E-state index contributed by atoms with van der Waals surface area (Å²) in [4.78, 5) is 44.9. The van der Waals surface area contributed by atoms with Crippen molar-refractivity contribution in [3.63, 3.8) is 0 Å². The van der Waals surface area contributed by atoms with Gasteiger partial charge in [-0.2, -0.15) is 0 Å². The SMILES string of the molecule is COC1C(O)C(N(OCCCCCCNC(=O)C(C)(C)CC(C)(C)C(=O)NC23CC2C(C)(OC)C3)C(C)=O)COC1C(C)n1cc(CC(C)C)nn1. The average Bonchev–Trinajstić information content (AvgIpc) is 3.43. The highest BCUT2D eigenvalue weighted by molar-refractivity contribution is 5.86. The van der Waals surface area contributed by atoms with Gasteiger partial charge in [0.25, 0.3) is 0 Å². The number of nitrogens with zero attached hydrogens (tertiary/aromatic N) is 4. The summed E-state index contributed by atoms with van der Waals surface area (Å²) in [6, 6.07) is -0.992. The minimum Gasteiger partial charge on any atom is -0.388 e. The van der Waals surface area contributed by atoms with Crippen LogP contribution in [0.15, 0.2) is 6.20 Å². The van der Waals surface area contributed by atoms with Crippen LogP contribution in [0.4, 0.5) is 0 Å². The van der Waals surface area contributed by atoms with E-state index in [-0.39, 0.29) is 41.5 Å². The number of ether oxygens (including phenoxy) is 3. The molecule has 3 N–H and O–H groups in total. The standard InChI is InChI=1S/C38H66N6O8/c1-24(2)18-27-20-43(42-41-27)25(3)31-32(49-10)30(46)28(21-51-31)44(26(4)45)52-17-15-13-12-14-16-39-33(47)35(5,6)22-36(7,8)34(48)40-38-19-29(38)37(9,23-38)50-11/h20,24-25,28-32,46H,12-19,21-23H2,1-11H3,(H,39,47)(H,40,48). The van der Waals surface area contributed by atoms with Crippen molar-refractivity contribution in [3.05, 3.63) is 11.9 Å². The van der Waals surface area contributed by atoms with Crippen LogP contribution < -0.4 is 10.6 Å². The zero-order chi connectivity index (χ0) is 38.6. The van der Waals surface area contributed by atoms with Crippen molar-refractivity contribution in [1.29, 1.82) is 0 Å². The summed E-state index contributed by atoms with van der Waals surface area (Å²) in [6.07, 6.45) is 5.84. The molecule has 1 aliphatic heterocycles. The number of aliphatic hydroxyl groups excluding tert-OH is 1. The van der Waals surface area contributed by atoms with E-state index in [0.717, 1.165) is 44.2 Å². The quantitative estimate of drug-likeness (QED) is 0.133. The van der Waals surface area contributed by atoms with Crippen LogP contribution in [0.25, 0.3) is 0 Å². The first-order chi connectivity index (χ1) is 24.3. The van der Waals surface area contributed by atoms with Crippen LogP contribution in [-0.4, -0.2) is 112 Å². The molecule has 296 valence electrons. The van der Waals surface area contributed by atoms with E-state index in [1.807, 2.05) is 40.8 Å². The van der Waals surface area contributed by atoms with E-state index in [4.69, 9.17) is 19.0 Å². The van der Waals surface area contributed by atoms with E-state index in [9.17, 15) is 19.5 Å². The summed E-state index contributed by atoms with van der Waals surface area (Å²) in [5.41, 5.74) is -0.812. The number of rotatable bonds is 20. The highest BCUT2D eigenvalue weighted by Crippen LogP contribution is 2.66. The first kappa shape index (κ1) is 42.1. The minimum atomic E-state index is -1.04.